The average Bonchev–Trinajstić information content (AvgIpc) is 2.53. The van der Waals surface area contributed by atoms with Crippen LogP contribution in [0, 0.1) is 6.92 Å². The van der Waals surface area contributed by atoms with E-state index in [0.29, 0.717) is 31.7 Å². The Labute approximate surface area is 136 Å². The Morgan fingerprint density at radius 3 is 2.22 bits per heavy atom. The predicted octanol–water partition coefficient (Wildman–Crippen LogP) is 0.804. The highest BCUT2D eigenvalue weighted by Gasteiger charge is 2.28. The summed E-state index contributed by atoms with van der Waals surface area (Å²) in [4.78, 5) is 39.4. The minimum Gasteiger partial charge on any atom is -0.346 e. The molecule has 23 heavy (non-hydrogen) atoms. The smallest absolute Gasteiger partial charge is 0.312 e. The summed E-state index contributed by atoms with van der Waals surface area (Å²) in [5, 5.41) is 2.60. The summed E-state index contributed by atoms with van der Waals surface area (Å²) in [6.45, 7) is 7.19. The van der Waals surface area contributed by atoms with Gasteiger partial charge in [0, 0.05) is 37.8 Å². The average molecular weight is 317 g/mol. The summed E-state index contributed by atoms with van der Waals surface area (Å²) in [6, 6.07) is 7.38. The number of hydrogen-bond acceptors (Lipinski definition) is 3. The Bertz CT molecular complexity index is 605. The van der Waals surface area contributed by atoms with E-state index in [-0.39, 0.29) is 11.9 Å². The number of aryl methyl sites for hydroxylation is 1. The molecule has 1 aromatic carbocycles. The van der Waals surface area contributed by atoms with Crippen molar-refractivity contribution in [3.05, 3.63) is 35.4 Å². The van der Waals surface area contributed by atoms with Gasteiger partial charge in [-0.25, -0.2) is 0 Å². The fourth-order valence-electron chi connectivity index (χ4n) is 2.54. The summed E-state index contributed by atoms with van der Waals surface area (Å²) >= 11 is 0. The highest BCUT2D eigenvalue weighted by Crippen LogP contribution is 2.11. The van der Waals surface area contributed by atoms with Gasteiger partial charge >= 0.3 is 11.8 Å². The van der Waals surface area contributed by atoms with Gasteiger partial charge in [0.05, 0.1) is 0 Å². The van der Waals surface area contributed by atoms with Crippen molar-refractivity contribution in [1.29, 1.82) is 0 Å². The Morgan fingerprint density at radius 1 is 1.04 bits per heavy atom. The molecule has 0 aliphatic carbocycles. The minimum absolute atomic E-state index is 0.0348. The largest absolute Gasteiger partial charge is 0.346 e. The van der Waals surface area contributed by atoms with Gasteiger partial charge in [-0.1, -0.05) is 17.7 Å². The molecule has 0 saturated carbocycles. The fraction of sp³-hybridized carbons (Fsp3) is 0.471. The maximum absolute atomic E-state index is 12.5. The quantitative estimate of drug-likeness (QED) is 0.821. The van der Waals surface area contributed by atoms with E-state index >= 15 is 0 Å². The number of benzene rings is 1. The van der Waals surface area contributed by atoms with Gasteiger partial charge < -0.3 is 15.1 Å². The highest BCUT2D eigenvalue weighted by molar-refractivity contribution is 6.35. The second-order valence-electron chi connectivity index (χ2n) is 6.08. The summed E-state index contributed by atoms with van der Waals surface area (Å²) in [6.07, 6.45) is 0. The number of carbonyl (C=O) groups excluding carboxylic acids is 3. The van der Waals surface area contributed by atoms with Crippen molar-refractivity contribution in [1.82, 2.24) is 15.1 Å². The van der Waals surface area contributed by atoms with Crippen molar-refractivity contribution >= 4 is 17.7 Å². The Morgan fingerprint density at radius 2 is 1.65 bits per heavy atom. The highest BCUT2D eigenvalue weighted by atomic mass is 16.2. The predicted molar refractivity (Wildman–Crippen MR) is 86.9 cm³/mol. The molecule has 0 unspecified atom stereocenters. The van der Waals surface area contributed by atoms with Crippen LogP contribution >= 0.6 is 0 Å². The molecule has 0 radical (unpaired) electrons. The van der Waals surface area contributed by atoms with Gasteiger partial charge in [-0.05, 0) is 32.9 Å². The van der Waals surface area contributed by atoms with Crippen LogP contribution in [0.25, 0.3) is 0 Å². The number of piperazine rings is 1. The van der Waals surface area contributed by atoms with Gasteiger partial charge in [0.1, 0.15) is 0 Å². The SMILES string of the molecule is Cc1cccc(C(=O)N2CCN(C(=O)C(=O)NC(C)C)CC2)c1. The molecule has 0 aromatic heterocycles. The van der Waals surface area contributed by atoms with E-state index in [1.54, 1.807) is 11.0 Å². The van der Waals surface area contributed by atoms with Crippen LogP contribution in [0.2, 0.25) is 0 Å². The molecule has 0 atom stereocenters. The summed E-state index contributed by atoms with van der Waals surface area (Å²) in [5.74, 6) is -1.15. The number of hydrogen-bond donors (Lipinski definition) is 1. The third-order valence-electron chi connectivity index (χ3n) is 3.73. The van der Waals surface area contributed by atoms with Crippen molar-refractivity contribution in [3.63, 3.8) is 0 Å². The van der Waals surface area contributed by atoms with Crippen molar-refractivity contribution in [2.24, 2.45) is 0 Å². The third kappa shape index (κ3) is 4.31. The first kappa shape index (κ1) is 17.0. The molecular formula is C17H23N3O3. The number of carbonyl (C=O) groups is 3. The Balaban J connectivity index is 1.92. The molecule has 124 valence electrons. The van der Waals surface area contributed by atoms with Gasteiger partial charge in [-0.3, -0.25) is 14.4 Å². The fourth-order valence-corrected chi connectivity index (χ4v) is 2.54. The number of rotatable bonds is 2. The maximum atomic E-state index is 12.5. The molecule has 1 heterocycles. The van der Waals surface area contributed by atoms with Crippen LogP contribution in [0.4, 0.5) is 0 Å². The van der Waals surface area contributed by atoms with Gasteiger partial charge in [-0.2, -0.15) is 0 Å². The molecule has 6 nitrogen and oxygen atoms in total. The number of nitrogens with one attached hydrogen (secondary N) is 1. The van der Waals surface area contributed by atoms with Crippen LogP contribution in [0.3, 0.4) is 0 Å². The van der Waals surface area contributed by atoms with Crippen LogP contribution in [-0.4, -0.2) is 59.7 Å². The maximum Gasteiger partial charge on any atom is 0.312 e. The van der Waals surface area contributed by atoms with Crippen molar-refractivity contribution in [2.75, 3.05) is 26.2 Å². The lowest BCUT2D eigenvalue weighted by Gasteiger charge is -2.34. The van der Waals surface area contributed by atoms with E-state index in [2.05, 4.69) is 5.32 Å². The minimum atomic E-state index is -0.585. The molecule has 1 N–H and O–H groups in total. The van der Waals surface area contributed by atoms with Crippen LogP contribution in [0.15, 0.2) is 24.3 Å². The van der Waals surface area contributed by atoms with E-state index in [1.807, 2.05) is 39.0 Å². The molecule has 1 aliphatic heterocycles. The van der Waals surface area contributed by atoms with Gasteiger partial charge in [0.25, 0.3) is 5.91 Å². The summed E-state index contributed by atoms with van der Waals surface area (Å²) in [7, 11) is 0. The second-order valence-corrected chi connectivity index (χ2v) is 6.08. The molecule has 6 heteroatoms. The van der Waals surface area contributed by atoms with E-state index in [9.17, 15) is 14.4 Å². The third-order valence-corrected chi connectivity index (χ3v) is 3.73. The monoisotopic (exact) mass is 317 g/mol. The molecule has 1 fully saturated rings. The molecule has 1 aromatic rings. The number of nitrogens with zero attached hydrogens (tertiary/aromatic N) is 2. The van der Waals surface area contributed by atoms with Gasteiger partial charge in [-0.15, -0.1) is 0 Å². The van der Waals surface area contributed by atoms with Crippen molar-refractivity contribution in [3.8, 4) is 0 Å². The first-order valence-corrected chi connectivity index (χ1v) is 7.84. The van der Waals surface area contributed by atoms with Crippen molar-refractivity contribution in [2.45, 2.75) is 26.8 Å². The molecule has 3 amide bonds. The lowest BCUT2D eigenvalue weighted by atomic mass is 10.1. The standard InChI is InChI=1S/C17H23N3O3/c1-12(2)18-15(21)17(23)20-9-7-19(8-10-20)16(22)14-6-4-5-13(3)11-14/h4-6,11-12H,7-10H2,1-3H3,(H,18,21). The van der Waals surface area contributed by atoms with E-state index in [1.165, 1.54) is 4.90 Å². The first-order chi connectivity index (χ1) is 10.9. The zero-order chi connectivity index (χ0) is 17.0. The Kier molecular flexibility index (Phi) is 5.36. The van der Waals surface area contributed by atoms with Gasteiger partial charge in [0.15, 0.2) is 0 Å². The lowest BCUT2D eigenvalue weighted by Crippen LogP contribution is -2.54. The molecule has 1 saturated heterocycles. The summed E-state index contributed by atoms with van der Waals surface area (Å²) in [5.41, 5.74) is 1.69. The van der Waals surface area contributed by atoms with Gasteiger partial charge in [0.2, 0.25) is 0 Å². The number of amides is 3. The van der Waals surface area contributed by atoms with Crippen LogP contribution in [0.1, 0.15) is 29.8 Å². The Hall–Kier alpha value is -2.37. The first-order valence-electron chi connectivity index (χ1n) is 7.84. The zero-order valence-electron chi connectivity index (χ0n) is 13.8. The van der Waals surface area contributed by atoms with Crippen molar-refractivity contribution < 1.29 is 14.4 Å². The summed E-state index contributed by atoms with van der Waals surface area (Å²) < 4.78 is 0. The zero-order valence-corrected chi connectivity index (χ0v) is 13.8. The van der Waals surface area contributed by atoms with Crippen LogP contribution < -0.4 is 5.32 Å². The molecule has 1 aliphatic rings. The molecule has 0 bridgehead atoms. The van der Waals surface area contributed by atoms with Crippen LogP contribution in [-0.2, 0) is 9.59 Å². The second kappa shape index (κ2) is 7.26. The molecule has 2 rings (SSSR count). The lowest BCUT2D eigenvalue weighted by molar-refractivity contribution is -0.147. The van der Waals surface area contributed by atoms with E-state index in [4.69, 9.17) is 0 Å². The van der Waals surface area contributed by atoms with E-state index < -0.39 is 11.8 Å². The normalized spacial score (nSPS) is 14.8. The van der Waals surface area contributed by atoms with Crippen LogP contribution in [0.5, 0.6) is 0 Å². The molecule has 0 spiro atoms. The topological polar surface area (TPSA) is 69.7 Å². The molecular weight excluding hydrogens is 294 g/mol. The van der Waals surface area contributed by atoms with E-state index in [0.717, 1.165) is 5.56 Å².